The molecule has 0 saturated heterocycles. The smallest absolute Gasteiger partial charge is 0.172 e. The molecule has 2 aromatic rings. The van der Waals surface area contributed by atoms with Gasteiger partial charge in [-0.05, 0) is 18.2 Å². The van der Waals surface area contributed by atoms with Gasteiger partial charge in [-0.3, -0.25) is 4.98 Å². The normalized spacial score (nSPS) is 10.3. The van der Waals surface area contributed by atoms with Crippen molar-refractivity contribution in [2.24, 2.45) is 0 Å². The van der Waals surface area contributed by atoms with E-state index < -0.39 is 5.82 Å². The molecule has 0 aliphatic heterocycles. The number of nitrogens with zero attached hydrogens (tertiary/aromatic N) is 1. The molecule has 2 rings (SSSR count). The largest absolute Gasteiger partial charge is 0.452 e. The van der Waals surface area contributed by atoms with E-state index in [4.69, 9.17) is 33.7 Å². The van der Waals surface area contributed by atoms with E-state index in [0.29, 0.717) is 0 Å². The maximum Gasteiger partial charge on any atom is 0.172 e. The van der Waals surface area contributed by atoms with E-state index in [0.717, 1.165) is 6.07 Å². The third kappa shape index (κ3) is 2.60. The van der Waals surface area contributed by atoms with Gasteiger partial charge in [0.1, 0.15) is 16.6 Å². The van der Waals surface area contributed by atoms with Crippen LogP contribution in [0.2, 0.25) is 10.0 Å². The van der Waals surface area contributed by atoms with Crippen LogP contribution >= 0.6 is 23.2 Å². The van der Waals surface area contributed by atoms with Crippen LogP contribution in [0.4, 0.5) is 10.1 Å². The molecule has 0 fully saturated rings. The highest BCUT2D eigenvalue weighted by molar-refractivity contribution is 6.33. The Bertz CT molecular complexity index is 543. The van der Waals surface area contributed by atoms with E-state index in [-0.39, 0.29) is 27.2 Å². The van der Waals surface area contributed by atoms with E-state index in [1.165, 1.54) is 24.5 Å². The second-order valence-electron chi connectivity index (χ2n) is 3.22. The Morgan fingerprint density at radius 2 is 1.94 bits per heavy atom. The fourth-order valence-corrected chi connectivity index (χ4v) is 1.62. The van der Waals surface area contributed by atoms with Crippen molar-refractivity contribution >= 4 is 28.9 Å². The van der Waals surface area contributed by atoms with Crippen LogP contribution in [-0.2, 0) is 0 Å². The van der Waals surface area contributed by atoms with Crippen molar-refractivity contribution in [3.05, 3.63) is 46.5 Å². The van der Waals surface area contributed by atoms with Crippen LogP contribution in [0.1, 0.15) is 0 Å². The molecule has 1 aromatic carbocycles. The third-order valence-electron chi connectivity index (χ3n) is 1.99. The summed E-state index contributed by atoms with van der Waals surface area (Å²) >= 11 is 11.7. The molecule has 6 heteroatoms. The quantitative estimate of drug-likeness (QED) is 0.902. The van der Waals surface area contributed by atoms with Crippen LogP contribution in [0.15, 0.2) is 30.6 Å². The molecule has 0 unspecified atom stereocenters. The molecule has 1 aromatic heterocycles. The van der Waals surface area contributed by atoms with Gasteiger partial charge in [0.05, 0.1) is 16.9 Å². The van der Waals surface area contributed by atoms with Crippen molar-refractivity contribution in [2.45, 2.75) is 0 Å². The lowest BCUT2D eigenvalue weighted by Gasteiger charge is -2.10. The number of hydrogen-bond acceptors (Lipinski definition) is 3. The predicted molar refractivity (Wildman–Crippen MR) is 65.1 cm³/mol. The number of aromatic nitrogens is 1. The highest BCUT2D eigenvalue weighted by Gasteiger charge is 2.10. The first kappa shape index (κ1) is 12.0. The molecule has 0 bridgehead atoms. The second kappa shape index (κ2) is 4.77. The summed E-state index contributed by atoms with van der Waals surface area (Å²) in [5.41, 5.74) is 5.94. The van der Waals surface area contributed by atoms with Crippen LogP contribution < -0.4 is 10.5 Å². The van der Waals surface area contributed by atoms with Crippen LogP contribution in [0.3, 0.4) is 0 Å². The lowest BCUT2D eigenvalue weighted by atomic mass is 10.3. The van der Waals surface area contributed by atoms with Crippen LogP contribution in [0.25, 0.3) is 0 Å². The summed E-state index contributed by atoms with van der Waals surface area (Å²) in [5.74, 6) is 0.0687. The number of pyridine rings is 1. The summed E-state index contributed by atoms with van der Waals surface area (Å²) in [7, 11) is 0. The van der Waals surface area contributed by atoms with E-state index in [9.17, 15) is 4.39 Å². The van der Waals surface area contributed by atoms with Crippen molar-refractivity contribution < 1.29 is 9.13 Å². The van der Waals surface area contributed by atoms with Gasteiger partial charge < -0.3 is 10.5 Å². The molecule has 1 heterocycles. The number of halogens is 3. The second-order valence-corrected chi connectivity index (χ2v) is 4.03. The fraction of sp³-hybridized carbons (Fsp3) is 0. The van der Waals surface area contributed by atoms with Gasteiger partial charge in [0.2, 0.25) is 0 Å². The zero-order chi connectivity index (χ0) is 12.4. The molecule has 2 N–H and O–H groups in total. The maximum absolute atomic E-state index is 12.8. The van der Waals surface area contributed by atoms with Crippen molar-refractivity contribution in [3.63, 3.8) is 0 Å². The monoisotopic (exact) mass is 272 g/mol. The van der Waals surface area contributed by atoms with Gasteiger partial charge in [0, 0.05) is 6.20 Å². The Hall–Kier alpha value is -1.52. The Labute approximate surface area is 107 Å². The number of ether oxygens (including phenoxy) is 1. The first-order chi connectivity index (χ1) is 8.08. The Kier molecular flexibility index (Phi) is 3.36. The molecule has 0 aliphatic carbocycles. The number of anilines is 1. The SMILES string of the molecule is Nc1cncc(Cl)c1Oc1ccc(F)cc1Cl. The van der Waals surface area contributed by atoms with Gasteiger partial charge in [-0.25, -0.2) is 4.39 Å². The van der Waals surface area contributed by atoms with Crippen molar-refractivity contribution in [3.8, 4) is 11.5 Å². The summed E-state index contributed by atoms with van der Waals surface area (Å²) in [5, 5.41) is 0.391. The molecule has 17 heavy (non-hydrogen) atoms. The number of nitrogens with two attached hydrogens (primary N) is 1. The van der Waals surface area contributed by atoms with Gasteiger partial charge in [0.25, 0.3) is 0 Å². The molecule has 0 spiro atoms. The molecule has 0 atom stereocenters. The summed E-state index contributed by atoms with van der Waals surface area (Å²) in [6, 6.07) is 3.77. The molecular formula is C11H7Cl2FN2O. The van der Waals surface area contributed by atoms with Gasteiger partial charge in [-0.2, -0.15) is 0 Å². The average molecular weight is 273 g/mol. The summed E-state index contributed by atoms with van der Waals surface area (Å²) in [6.45, 7) is 0. The highest BCUT2D eigenvalue weighted by atomic mass is 35.5. The zero-order valence-corrected chi connectivity index (χ0v) is 9.97. The van der Waals surface area contributed by atoms with Crippen molar-refractivity contribution in [1.29, 1.82) is 0 Å². The van der Waals surface area contributed by atoms with Gasteiger partial charge >= 0.3 is 0 Å². The number of benzene rings is 1. The first-order valence-electron chi connectivity index (χ1n) is 4.60. The number of nitrogen functional groups attached to an aromatic ring is 1. The van der Waals surface area contributed by atoms with E-state index in [1.807, 2.05) is 0 Å². The summed E-state index contributed by atoms with van der Waals surface area (Å²) in [6.07, 6.45) is 2.79. The fourth-order valence-electron chi connectivity index (χ4n) is 1.21. The number of rotatable bonds is 2. The molecule has 0 radical (unpaired) electrons. The lowest BCUT2D eigenvalue weighted by molar-refractivity contribution is 0.483. The lowest BCUT2D eigenvalue weighted by Crippen LogP contribution is -1.94. The van der Waals surface area contributed by atoms with Crippen LogP contribution in [-0.4, -0.2) is 4.98 Å². The topological polar surface area (TPSA) is 48.1 Å². The molecule has 0 saturated carbocycles. The molecule has 0 aliphatic rings. The minimum atomic E-state index is -0.448. The van der Waals surface area contributed by atoms with Crippen molar-refractivity contribution in [1.82, 2.24) is 4.98 Å². The van der Waals surface area contributed by atoms with E-state index in [2.05, 4.69) is 4.98 Å². The standard InChI is InChI=1S/C11H7Cl2FN2O/c12-7-3-6(14)1-2-10(7)17-11-8(13)4-16-5-9(11)15/h1-5H,15H2. The molecular weight excluding hydrogens is 266 g/mol. The minimum absolute atomic E-state index is 0.136. The Morgan fingerprint density at radius 1 is 1.18 bits per heavy atom. The first-order valence-corrected chi connectivity index (χ1v) is 5.35. The Morgan fingerprint density at radius 3 is 2.59 bits per heavy atom. The average Bonchev–Trinajstić information content (AvgIpc) is 2.26. The van der Waals surface area contributed by atoms with Crippen molar-refractivity contribution in [2.75, 3.05) is 5.73 Å². The third-order valence-corrected chi connectivity index (χ3v) is 2.55. The Balaban J connectivity index is 2.38. The number of hydrogen-bond donors (Lipinski definition) is 1. The summed E-state index contributed by atoms with van der Waals surface area (Å²) in [4.78, 5) is 3.79. The highest BCUT2D eigenvalue weighted by Crippen LogP contribution is 2.36. The van der Waals surface area contributed by atoms with E-state index in [1.54, 1.807) is 0 Å². The zero-order valence-electron chi connectivity index (χ0n) is 8.45. The molecule has 88 valence electrons. The summed E-state index contributed by atoms with van der Waals surface area (Å²) < 4.78 is 18.3. The minimum Gasteiger partial charge on any atom is -0.452 e. The molecule has 3 nitrogen and oxygen atoms in total. The van der Waals surface area contributed by atoms with Gasteiger partial charge in [-0.1, -0.05) is 23.2 Å². The van der Waals surface area contributed by atoms with Gasteiger partial charge in [-0.15, -0.1) is 0 Å². The van der Waals surface area contributed by atoms with Crippen LogP contribution in [0, 0.1) is 5.82 Å². The van der Waals surface area contributed by atoms with Crippen LogP contribution in [0.5, 0.6) is 11.5 Å². The predicted octanol–water partition coefficient (Wildman–Crippen LogP) is 3.90. The van der Waals surface area contributed by atoms with E-state index >= 15 is 0 Å². The molecule has 0 amide bonds. The maximum atomic E-state index is 12.8. The van der Waals surface area contributed by atoms with Gasteiger partial charge in [0.15, 0.2) is 5.75 Å².